The maximum atomic E-state index is 14.4. The molecule has 0 spiro atoms. The van der Waals surface area contributed by atoms with Gasteiger partial charge in [-0.25, -0.2) is 0 Å². The van der Waals surface area contributed by atoms with E-state index in [0.717, 1.165) is 35.5 Å². The Balaban J connectivity index is 1.35. The number of fused-ring (bicyclic) bond motifs is 1. The monoisotopic (exact) mass is 644 g/mol. The van der Waals surface area contributed by atoms with Gasteiger partial charge >= 0.3 is 0 Å². The second-order valence-corrected chi connectivity index (χ2v) is 12.6. The van der Waals surface area contributed by atoms with E-state index in [1.807, 2.05) is 79.7 Å². The third-order valence-corrected chi connectivity index (χ3v) is 8.96. The van der Waals surface area contributed by atoms with Crippen molar-refractivity contribution in [2.45, 2.75) is 39.3 Å². The fourth-order valence-electron chi connectivity index (χ4n) is 6.17. The number of rotatable bonds is 10. The number of hydrogen-bond donors (Lipinski definition) is 1. The molecule has 1 N–H and O–H groups in total. The van der Waals surface area contributed by atoms with E-state index in [2.05, 4.69) is 24.1 Å². The van der Waals surface area contributed by atoms with Gasteiger partial charge in [-0.15, -0.1) is 0 Å². The Morgan fingerprint density at radius 3 is 2.15 bits per heavy atom. The Morgan fingerprint density at radius 2 is 1.48 bits per heavy atom. The number of carbonyl (C=O) groups excluding carboxylic acids is 4. The molecular weight excluding hydrogens is 604 g/mol. The summed E-state index contributed by atoms with van der Waals surface area (Å²) in [5.74, 6) is -1.99. The number of carbonyl (C=O) groups is 4. The Labute approximate surface area is 281 Å². The number of nitrogens with one attached hydrogen (secondary N) is 1. The zero-order valence-electron chi connectivity index (χ0n) is 27.5. The summed E-state index contributed by atoms with van der Waals surface area (Å²) in [7, 11) is 0. The lowest BCUT2D eigenvalue weighted by molar-refractivity contribution is -0.139. The van der Waals surface area contributed by atoms with E-state index >= 15 is 0 Å². The van der Waals surface area contributed by atoms with Gasteiger partial charge in [0.25, 0.3) is 17.6 Å². The van der Waals surface area contributed by atoms with Crippen LogP contribution in [0, 0.1) is 6.92 Å². The van der Waals surface area contributed by atoms with Gasteiger partial charge in [-0.2, -0.15) is 0 Å². The van der Waals surface area contributed by atoms with Gasteiger partial charge in [0.2, 0.25) is 5.91 Å². The van der Waals surface area contributed by atoms with Gasteiger partial charge in [0.1, 0.15) is 12.6 Å². The fourth-order valence-corrected chi connectivity index (χ4v) is 6.17. The highest BCUT2D eigenvalue weighted by atomic mass is 16.5. The van der Waals surface area contributed by atoms with Gasteiger partial charge in [0.15, 0.2) is 0 Å². The summed E-state index contributed by atoms with van der Waals surface area (Å²) in [5, 5.41) is 3.05. The molecule has 9 heteroatoms. The Kier molecular flexibility index (Phi) is 9.68. The van der Waals surface area contributed by atoms with E-state index in [9.17, 15) is 19.2 Å². The third-order valence-electron chi connectivity index (χ3n) is 8.96. The van der Waals surface area contributed by atoms with Crippen LogP contribution in [0.4, 0.5) is 17.1 Å². The van der Waals surface area contributed by atoms with Crippen LogP contribution in [-0.4, -0.2) is 61.3 Å². The number of morpholine rings is 1. The molecule has 48 heavy (non-hydrogen) atoms. The van der Waals surface area contributed by atoms with Gasteiger partial charge in [0.05, 0.1) is 24.5 Å². The largest absolute Gasteiger partial charge is 0.378 e. The van der Waals surface area contributed by atoms with Gasteiger partial charge in [-0.3, -0.25) is 24.1 Å². The van der Waals surface area contributed by atoms with Crippen LogP contribution in [-0.2, 0) is 25.7 Å². The van der Waals surface area contributed by atoms with Crippen molar-refractivity contribution in [2.24, 2.45) is 0 Å². The molecule has 2 aliphatic rings. The van der Waals surface area contributed by atoms with Crippen LogP contribution in [0.1, 0.15) is 58.4 Å². The summed E-state index contributed by atoms with van der Waals surface area (Å²) in [5.41, 5.74) is 5.91. The van der Waals surface area contributed by atoms with Gasteiger partial charge in [0, 0.05) is 31.0 Å². The second kappa shape index (κ2) is 14.2. The molecule has 4 aromatic rings. The summed E-state index contributed by atoms with van der Waals surface area (Å²) in [6.45, 7) is 8.83. The summed E-state index contributed by atoms with van der Waals surface area (Å²) < 4.78 is 5.48. The molecular formula is C39H40N4O5. The van der Waals surface area contributed by atoms with E-state index in [-0.39, 0.29) is 18.0 Å². The first-order valence-electron chi connectivity index (χ1n) is 16.3. The zero-order valence-corrected chi connectivity index (χ0v) is 27.5. The number of para-hydroxylation sites is 1. The summed E-state index contributed by atoms with van der Waals surface area (Å²) in [6.07, 6.45) is 0. The summed E-state index contributed by atoms with van der Waals surface area (Å²) >= 11 is 0. The molecule has 1 saturated heterocycles. The molecule has 0 saturated carbocycles. The second-order valence-electron chi connectivity index (χ2n) is 12.6. The first-order chi connectivity index (χ1) is 23.2. The van der Waals surface area contributed by atoms with E-state index in [1.165, 1.54) is 9.80 Å². The van der Waals surface area contributed by atoms with Crippen molar-refractivity contribution in [3.63, 3.8) is 0 Å². The van der Waals surface area contributed by atoms with Crippen LogP contribution in [0.25, 0.3) is 0 Å². The summed E-state index contributed by atoms with van der Waals surface area (Å²) in [4.78, 5) is 59.6. The summed E-state index contributed by atoms with van der Waals surface area (Å²) in [6, 6.07) is 28.8. The van der Waals surface area contributed by atoms with Crippen molar-refractivity contribution in [1.29, 1.82) is 0 Å². The normalized spacial score (nSPS) is 15.0. The highest BCUT2D eigenvalue weighted by molar-refractivity contribution is 6.52. The van der Waals surface area contributed by atoms with E-state index in [0.29, 0.717) is 30.2 Å². The molecule has 0 aromatic heterocycles. The number of ether oxygens (including phenoxy) is 1. The SMILES string of the molecule is Cc1ccc(CN(C(=O)CN2C(=O)C(=O)c3ccccc32)C(C(=O)Nc2ccc(N3CCOCC3)cc2)c2ccc(C(C)C)cc2)cc1. The highest BCUT2D eigenvalue weighted by Gasteiger charge is 2.39. The van der Waals surface area contributed by atoms with E-state index < -0.39 is 36.1 Å². The predicted molar refractivity (Wildman–Crippen MR) is 186 cm³/mol. The molecule has 9 nitrogen and oxygen atoms in total. The minimum absolute atomic E-state index is 0.108. The molecule has 4 aromatic carbocycles. The average molecular weight is 645 g/mol. The minimum Gasteiger partial charge on any atom is -0.378 e. The Morgan fingerprint density at radius 1 is 0.833 bits per heavy atom. The topological polar surface area (TPSA) is 99.3 Å². The molecule has 1 atom stereocenters. The standard InChI is InChI=1S/C39H40N4O5/c1-26(2)29-12-14-30(15-13-29)36(38(46)40-31-16-18-32(19-17-31)41-20-22-48-23-21-41)43(24-28-10-8-27(3)9-11-28)35(44)25-42-34-7-5-4-6-33(34)37(45)39(42)47/h4-19,26,36H,20-25H2,1-3H3,(H,40,46). The van der Waals surface area contributed by atoms with Crippen LogP contribution >= 0.6 is 0 Å². The molecule has 0 aliphatic carbocycles. The van der Waals surface area contributed by atoms with Crippen LogP contribution in [0.15, 0.2) is 97.1 Å². The Bertz CT molecular complexity index is 1800. The molecule has 0 bridgehead atoms. The van der Waals surface area contributed by atoms with Crippen molar-refractivity contribution < 1.29 is 23.9 Å². The van der Waals surface area contributed by atoms with Crippen LogP contribution in [0.3, 0.4) is 0 Å². The van der Waals surface area contributed by atoms with Crippen molar-refractivity contribution in [2.75, 3.05) is 48.0 Å². The molecule has 2 heterocycles. The number of ketones is 1. The fraction of sp³-hybridized carbons (Fsp3) is 0.282. The van der Waals surface area contributed by atoms with Gasteiger partial charge < -0.3 is 19.9 Å². The quantitative estimate of drug-likeness (QED) is 0.216. The number of Topliss-reactive ketones (excluding diaryl/α,β-unsaturated/α-hetero) is 1. The molecule has 6 rings (SSSR count). The zero-order chi connectivity index (χ0) is 33.8. The van der Waals surface area contributed by atoms with Gasteiger partial charge in [-0.1, -0.05) is 80.1 Å². The van der Waals surface area contributed by atoms with Crippen LogP contribution < -0.4 is 15.1 Å². The van der Waals surface area contributed by atoms with E-state index in [1.54, 1.807) is 24.3 Å². The van der Waals surface area contributed by atoms with Crippen molar-refractivity contribution in [3.8, 4) is 0 Å². The van der Waals surface area contributed by atoms with Crippen molar-refractivity contribution in [3.05, 3.63) is 125 Å². The molecule has 2 aliphatic heterocycles. The lowest BCUT2D eigenvalue weighted by Gasteiger charge is -2.33. The number of nitrogens with zero attached hydrogens (tertiary/aromatic N) is 3. The lowest BCUT2D eigenvalue weighted by Crippen LogP contribution is -2.46. The highest BCUT2D eigenvalue weighted by Crippen LogP contribution is 2.31. The molecule has 3 amide bonds. The number of amides is 3. The van der Waals surface area contributed by atoms with E-state index in [4.69, 9.17) is 4.74 Å². The minimum atomic E-state index is -1.04. The average Bonchev–Trinajstić information content (AvgIpc) is 3.34. The van der Waals surface area contributed by atoms with Crippen molar-refractivity contribution >= 4 is 40.6 Å². The smallest absolute Gasteiger partial charge is 0.299 e. The third kappa shape index (κ3) is 7.01. The lowest BCUT2D eigenvalue weighted by atomic mass is 9.97. The number of anilines is 3. The Hall–Kier alpha value is -5.28. The first kappa shape index (κ1) is 32.7. The number of benzene rings is 4. The first-order valence-corrected chi connectivity index (χ1v) is 16.3. The molecule has 1 unspecified atom stereocenters. The van der Waals surface area contributed by atoms with Gasteiger partial charge in [-0.05, 0) is 65.9 Å². The molecule has 246 valence electrons. The van der Waals surface area contributed by atoms with Crippen molar-refractivity contribution in [1.82, 2.24) is 4.90 Å². The van der Waals surface area contributed by atoms with Crippen LogP contribution in [0.2, 0.25) is 0 Å². The van der Waals surface area contributed by atoms with Crippen LogP contribution in [0.5, 0.6) is 0 Å². The number of hydrogen-bond acceptors (Lipinski definition) is 6. The number of aryl methyl sites for hydroxylation is 1. The predicted octanol–water partition coefficient (Wildman–Crippen LogP) is 5.89. The molecule has 0 radical (unpaired) electrons. The maximum absolute atomic E-state index is 14.4. The maximum Gasteiger partial charge on any atom is 0.299 e. The molecule has 1 fully saturated rings.